The molecule has 1 aliphatic heterocycles. The molecule has 0 radical (unpaired) electrons. The maximum atomic E-state index is 12.3. The van der Waals surface area contributed by atoms with Crippen LogP contribution in [0.4, 0.5) is 5.69 Å². The minimum Gasteiger partial charge on any atom is -0.392 e. The number of anilines is 1. The van der Waals surface area contributed by atoms with Crippen LogP contribution in [0.3, 0.4) is 0 Å². The van der Waals surface area contributed by atoms with E-state index >= 15 is 0 Å². The third-order valence-electron chi connectivity index (χ3n) is 3.41. The van der Waals surface area contributed by atoms with E-state index in [0.717, 1.165) is 21.5 Å². The molecule has 1 saturated heterocycles. The third kappa shape index (κ3) is 3.32. The number of benzene rings is 1. The average Bonchev–Trinajstić information content (AvgIpc) is 2.47. The number of aliphatic hydroxyl groups is 1. The fourth-order valence-corrected chi connectivity index (χ4v) is 5.87. The lowest BCUT2D eigenvalue weighted by Gasteiger charge is -2.37. The Morgan fingerprint density at radius 1 is 1.50 bits per heavy atom. The van der Waals surface area contributed by atoms with Gasteiger partial charge in [0.15, 0.2) is 9.84 Å². The number of halogens is 1. The fourth-order valence-electron chi connectivity index (χ4n) is 2.23. The molecule has 4 nitrogen and oxygen atoms in total. The minimum atomic E-state index is -3.12. The van der Waals surface area contributed by atoms with E-state index in [9.17, 15) is 8.42 Å². The lowest BCUT2D eigenvalue weighted by molar-refractivity contribution is 0.282. The standard InChI is InChI=1S/C13H18BrNO3S2/c1-2-20(17,18)13-9-19-6-5-15(13)12-4-3-10(8-16)7-11(12)14/h3-4,7,13,16H,2,5-6,8-9H2,1H3. The molecule has 20 heavy (non-hydrogen) atoms. The van der Waals surface area contributed by atoms with Gasteiger partial charge in [0.25, 0.3) is 0 Å². The third-order valence-corrected chi connectivity index (χ3v) is 7.33. The lowest BCUT2D eigenvalue weighted by atomic mass is 10.2. The minimum absolute atomic E-state index is 0.0224. The molecule has 1 aromatic rings. The van der Waals surface area contributed by atoms with Gasteiger partial charge < -0.3 is 10.0 Å². The van der Waals surface area contributed by atoms with Gasteiger partial charge in [0.05, 0.1) is 12.3 Å². The summed E-state index contributed by atoms with van der Waals surface area (Å²) in [6.07, 6.45) is 0. The van der Waals surface area contributed by atoms with Gasteiger partial charge in [0, 0.05) is 28.3 Å². The number of hydrogen-bond acceptors (Lipinski definition) is 5. The summed E-state index contributed by atoms with van der Waals surface area (Å²) in [5.74, 6) is 1.68. The Labute approximate surface area is 132 Å². The van der Waals surface area contributed by atoms with Gasteiger partial charge in [-0.2, -0.15) is 11.8 Å². The predicted octanol–water partition coefficient (Wildman–Crippen LogP) is 2.26. The molecule has 1 atom stereocenters. The van der Waals surface area contributed by atoms with E-state index in [1.54, 1.807) is 18.7 Å². The molecular weight excluding hydrogens is 362 g/mol. The van der Waals surface area contributed by atoms with E-state index in [2.05, 4.69) is 15.9 Å². The summed E-state index contributed by atoms with van der Waals surface area (Å²) < 4.78 is 25.4. The van der Waals surface area contributed by atoms with E-state index in [0.29, 0.717) is 12.3 Å². The number of hydrogen-bond donors (Lipinski definition) is 1. The van der Waals surface area contributed by atoms with Gasteiger partial charge in [0.2, 0.25) is 0 Å². The Balaban J connectivity index is 2.38. The van der Waals surface area contributed by atoms with Crippen molar-refractivity contribution in [3.63, 3.8) is 0 Å². The second-order valence-electron chi connectivity index (χ2n) is 4.62. The first-order valence-electron chi connectivity index (χ1n) is 6.45. The van der Waals surface area contributed by atoms with E-state index in [1.165, 1.54) is 0 Å². The van der Waals surface area contributed by atoms with Crippen molar-refractivity contribution in [3.8, 4) is 0 Å². The first kappa shape index (κ1) is 16.1. The summed E-state index contributed by atoms with van der Waals surface area (Å²) in [6, 6.07) is 5.55. The molecule has 0 saturated carbocycles. The van der Waals surface area contributed by atoms with E-state index in [-0.39, 0.29) is 12.4 Å². The fraction of sp³-hybridized carbons (Fsp3) is 0.538. The van der Waals surface area contributed by atoms with Gasteiger partial charge >= 0.3 is 0 Å². The Kier molecular flexibility index (Phi) is 5.39. The molecule has 1 aliphatic rings. The predicted molar refractivity (Wildman–Crippen MR) is 88.0 cm³/mol. The molecule has 0 aliphatic carbocycles. The largest absolute Gasteiger partial charge is 0.392 e. The molecule has 0 amide bonds. The number of thioether (sulfide) groups is 1. The van der Waals surface area contributed by atoms with Gasteiger partial charge in [-0.15, -0.1) is 0 Å². The van der Waals surface area contributed by atoms with Gasteiger partial charge in [-0.25, -0.2) is 8.42 Å². The van der Waals surface area contributed by atoms with Crippen LogP contribution in [-0.4, -0.2) is 42.7 Å². The van der Waals surface area contributed by atoms with Crippen molar-refractivity contribution in [2.24, 2.45) is 0 Å². The molecule has 1 unspecified atom stereocenters. The molecule has 1 aromatic carbocycles. The highest BCUT2D eigenvalue weighted by atomic mass is 79.9. The first-order valence-corrected chi connectivity index (χ1v) is 10.1. The summed E-state index contributed by atoms with van der Waals surface area (Å²) in [5.41, 5.74) is 1.69. The zero-order valence-corrected chi connectivity index (χ0v) is 14.5. The van der Waals surface area contributed by atoms with Crippen LogP contribution in [0.2, 0.25) is 0 Å². The van der Waals surface area contributed by atoms with Crippen molar-refractivity contribution < 1.29 is 13.5 Å². The molecular formula is C13H18BrNO3S2. The van der Waals surface area contributed by atoms with Crippen LogP contribution in [0.1, 0.15) is 12.5 Å². The van der Waals surface area contributed by atoms with Crippen LogP contribution in [0.25, 0.3) is 0 Å². The van der Waals surface area contributed by atoms with E-state index in [1.807, 2.05) is 23.1 Å². The summed E-state index contributed by atoms with van der Waals surface area (Å²) in [4.78, 5) is 1.96. The van der Waals surface area contributed by atoms with Crippen molar-refractivity contribution in [2.75, 3.05) is 28.7 Å². The molecule has 112 valence electrons. The van der Waals surface area contributed by atoms with Crippen molar-refractivity contribution in [3.05, 3.63) is 28.2 Å². The van der Waals surface area contributed by atoms with Gasteiger partial charge in [-0.1, -0.05) is 13.0 Å². The molecule has 7 heteroatoms. The van der Waals surface area contributed by atoms with Gasteiger partial charge in [-0.05, 0) is 33.6 Å². The smallest absolute Gasteiger partial charge is 0.171 e. The van der Waals surface area contributed by atoms with Gasteiger partial charge in [0.1, 0.15) is 5.37 Å². The van der Waals surface area contributed by atoms with E-state index < -0.39 is 15.2 Å². The van der Waals surface area contributed by atoms with E-state index in [4.69, 9.17) is 5.11 Å². The van der Waals surface area contributed by atoms with Crippen molar-refractivity contribution in [2.45, 2.75) is 18.9 Å². The Bertz CT molecular complexity index is 577. The average molecular weight is 380 g/mol. The zero-order chi connectivity index (χ0) is 14.8. The Hall–Kier alpha value is -0.240. The highest BCUT2D eigenvalue weighted by molar-refractivity contribution is 9.10. The van der Waals surface area contributed by atoms with Crippen molar-refractivity contribution in [1.29, 1.82) is 0 Å². The second kappa shape index (κ2) is 6.68. The number of nitrogens with zero attached hydrogens (tertiary/aromatic N) is 1. The Morgan fingerprint density at radius 3 is 2.85 bits per heavy atom. The van der Waals surface area contributed by atoms with Gasteiger partial charge in [-0.3, -0.25) is 0 Å². The first-order chi connectivity index (χ1) is 9.49. The molecule has 0 bridgehead atoms. The second-order valence-corrected chi connectivity index (χ2v) is 9.07. The lowest BCUT2D eigenvalue weighted by Crippen LogP contribution is -2.48. The number of rotatable bonds is 4. The van der Waals surface area contributed by atoms with Crippen LogP contribution >= 0.6 is 27.7 Å². The SMILES string of the molecule is CCS(=O)(=O)C1CSCCN1c1ccc(CO)cc1Br. The molecule has 1 N–H and O–H groups in total. The maximum Gasteiger partial charge on any atom is 0.171 e. The molecule has 1 fully saturated rings. The summed E-state index contributed by atoms with van der Waals surface area (Å²) in [7, 11) is -3.12. The Morgan fingerprint density at radius 2 is 2.25 bits per heavy atom. The van der Waals surface area contributed by atoms with Crippen molar-refractivity contribution >= 4 is 43.2 Å². The molecule has 0 spiro atoms. The highest BCUT2D eigenvalue weighted by Crippen LogP contribution is 2.33. The summed E-state index contributed by atoms with van der Waals surface area (Å²) in [5, 5.41) is 8.68. The number of sulfone groups is 1. The monoisotopic (exact) mass is 379 g/mol. The van der Waals surface area contributed by atoms with Crippen LogP contribution < -0.4 is 4.90 Å². The molecule has 2 rings (SSSR count). The van der Waals surface area contributed by atoms with Crippen LogP contribution in [0.5, 0.6) is 0 Å². The number of aliphatic hydroxyl groups excluding tert-OH is 1. The highest BCUT2D eigenvalue weighted by Gasteiger charge is 2.33. The van der Waals surface area contributed by atoms with Crippen LogP contribution in [0.15, 0.2) is 22.7 Å². The van der Waals surface area contributed by atoms with Crippen molar-refractivity contribution in [1.82, 2.24) is 0 Å². The zero-order valence-electron chi connectivity index (χ0n) is 11.3. The quantitative estimate of drug-likeness (QED) is 0.869. The topological polar surface area (TPSA) is 57.6 Å². The maximum absolute atomic E-state index is 12.3. The van der Waals surface area contributed by atoms with Crippen LogP contribution in [0, 0.1) is 0 Å². The normalized spacial score (nSPS) is 20.1. The summed E-state index contributed by atoms with van der Waals surface area (Å²) >= 11 is 5.17. The summed E-state index contributed by atoms with van der Waals surface area (Å²) in [6.45, 7) is 2.38. The van der Waals surface area contributed by atoms with Crippen LogP contribution in [-0.2, 0) is 16.4 Å². The molecule has 0 aromatic heterocycles. The molecule has 1 heterocycles.